The third-order valence-electron chi connectivity index (χ3n) is 5.00. The van der Waals surface area contributed by atoms with Crippen LogP contribution in [0.2, 0.25) is 0 Å². The van der Waals surface area contributed by atoms with E-state index in [9.17, 15) is 0 Å². The summed E-state index contributed by atoms with van der Waals surface area (Å²) in [6.07, 6.45) is 1.80. The molecule has 0 bridgehead atoms. The highest BCUT2D eigenvalue weighted by molar-refractivity contribution is 7.16. The lowest BCUT2D eigenvalue weighted by atomic mass is 10.2. The maximum Gasteiger partial charge on any atom is 0.236 e. The molecule has 0 radical (unpaired) electrons. The Hall–Kier alpha value is -3.57. The summed E-state index contributed by atoms with van der Waals surface area (Å²) in [7, 11) is 0. The fourth-order valence-electron chi connectivity index (χ4n) is 3.78. The molecule has 0 amide bonds. The number of nitrogens with zero attached hydrogens (tertiary/aromatic N) is 4. The van der Waals surface area contributed by atoms with E-state index in [-0.39, 0.29) is 0 Å². The van der Waals surface area contributed by atoms with E-state index in [4.69, 9.17) is 9.97 Å². The predicted octanol–water partition coefficient (Wildman–Crippen LogP) is 5.85. The van der Waals surface area contributed by atoms with Crippen molar-refractivity contribution in [3.8, 4) is 17.3 Å². The summed E-state index contributed by atoms with van der Waals surface area (Å²) in [4.78, 5) is 15.4. The molecule has 4 heterocycles. The molecule has 0 aliphatic rings. The first-order valence-corrected chi connectivity index (χ1v) is 9.93. The highest BCUT2D eigenvalue weighted by Crippen LogP contribution is 2.33. The molecule has 0 aliphatic carbocycles. The predicted molar refractivity (Wildman–Crippen MR) is 115 cm³/mol. The second kappa shape index (κ2) is 5.97. The number of rotatable bonds is 2. The van der Waals surface area contributed by atoms with Crippen LogP contribution in [0.4, 0.5) is 0 Å². The van der Waals surface area contributed by atoms with Crippen LogP contribution in [-0.2, 0) is 0 Å². The number of fused-ring (bicyclic) bond motifs is 4. The zero-order valence-electron chi connectivity index (χ0n) is 14.8. The van der Waals surface area contributed by atoms with Crippen LogP contribution in [0.25, 0.3) is 49.4 Å². The largest absolute Gasteiger partial charge is 0.278 e. The molecule has 0 saturated heterocycles. The summed E-state index contributed by atoms with van der Waals surface area (Å²) in [5.74, 6) is 0.674. The van der Waals surface area contributed by atoms with Gasteiger partial charge in [-0.05, 0) is 35.7 Å². The van der Waals surface area contributed by atoms with Gasteiger partial charge in [-0.15, -0.1) is 11.3 Å². The maximum atomic E-state index is 4.98. The van der Waals surface area contributed by atoms with Crippen molar-refractivity contribution in [1.29, 1.82) is 0 Å². The molecule has 0 unspecified atom stereocenters. The maximum absolute atomic E-state index is 4.98. The fraction of sp³-hybridized carbons (Fsp3) is 0. The molecule has 2 aromatic carbocycles. The standard InChI is InChI=1S/C23H14N4S/c1-3-10-19-15(7-1)16-8-2-4-11-20(16)27(19)23-25-21(18-9-5-6-13-24-18)17-12-14-28-22(17)26-23/h1-14H. The second-order valence-electron chi connectivity index (χ2n) is 6.60. The van der Waals surface area contributed by atoms with Crippen LogP contribution < -0.4 is 0 Å². The van der Waals surface area contributed by atoms with Gasteiger partial charge in [-0.1, -0.05) is 42.5 Å². The average molecular weight is 378 g/mol. The van der Waals surface area contributed by atoms with E-state index in [0.29, 0.717) is 5.95 Å². The van der Waals surface area contributed by atoms with E-state index in [0.717, 1.165) is 32.6 Å². The van der Waals surface area contributed by atoms with Crippen molar-refractivity contribution in [3.05, 3.63) is 84.4 Å². The van der Waals surface area contributed by atoms with Gasteiger partial charge < -0.3 is 0 Å². The van der Waals surface area contributed by atoms with Crippen LogP contribution in [0.5, 0.6) is 0 Å². The number of para-hydroxylation sites is 2. The van der Waals surface area contributed by atoms with Crippen molar-refractivity contribution in [2.45, 2.75) is 0 Å². The number of pyridine rings is 1. The molecule has 5 heteroatoms. The number of benzene rings is 2. The van der Waals surface area contributed by atoms with Gasteiger partial charge in [-0.2, -0.15) is 0 Å². The SMILES string of the molecule is c1ccc(-c2nc(-n3c4ccccc4c4ccccc43)nc3sccc23)nc1. The molecule has 0 spiro atoms. The van der Waals surface area contributed by atoms with Gasteiger partial charge in [-0.3, -0.25) is 9.55 Å². The van der Waals surface area contributed by atoms with E-state index in [1.165, 1.54) is 10.8 Å². The van der Waals surface area contributed by atoms with E-state index in [1.807, 2.05) is 18.2 Å². The Morgan fingerprint density at radius 2 is 1.39 bits per heavy atom. The average Bonchev–Trinajstić information content (AvgIpc) is 3.36. The zero-order chi connectivity index (χ0) is 18.5. The molecule has 0 fully saturated rings. The Morgan fingerprint density at radius 3 is 2.11 bits per heavy atom. The van der Waals surface area contributed by atoms with Crippen molar-refractivity contribution >= 4 is 43.4 Å². The molecule has 0 atom stereocenters. The topological polar surface area (TPSA) is 43.6 Å². The molecule has 0 saturated carbocycles. The van der Waals surface area contributed by atoms with Crippen molar-refractivity contribution in [3.63, 3.8) is 0 Å². The van der Waals surface area contributed by atoms with Crippen molar-refractivity contribution in [2.24, 2.45) is 0 Å². The van der Waals surface area contributed by atoms with Crippen molar-refractivity contribution < 1.29 is 0 Å². The third kappa shape index (κ3) is 2.20. The monoisotopic (exact) mass is 378 g/mol. The van der Waals surface area contributed by atoms with Gasteiger partial charge in [-0.25, -0.2) is 9.97 Å². The zero-order valence-corrected chi connectivity index (χ0v) is 15.6. The van der Waals surface area contributed by atoms with Crippen LogP contribution in [-0.4, -0.2) is 19.5 Å². The minimum atomic E-state index is 0.674. The molecule has 6 rings (SSSR count). The lowest BCUT2D eigenvalue weighted by Crippen LogP contribution is -2.02. The lowest BCUT2D eigenvalue weighted by molar-refractivity contribution is 1.01. The van der Waals surface area contributed by atoms with Crippen molar-refractivity contribution in [1.82, 2.24) is 19.5 Å². The van der Waals surface area contributed by atoms with Crippen LogP contribution in [0.3, 0.4) is 0 Å². The van der Waals surface area contributed by atoms with Gasteiger partial charge >= 0.3 is 0 Å². The molecular formula is C23H14N4S. The molecule has 4 aromatic heterocycles. The summed E-state index contributed by atoms with van der Waals surface area (Å²) in [5.41, 5.74) is 3.93. The van der Waals surface area contributed by atoms with Crippen LogP contribution in [0.15, 0.2) is 84.4 Å². The Labute approximate surface area is 164 Å². The molecule has 28 heavy (non-hydrogen) atoms. The molecule has 6 aromatic rings. The van der Waals surface area contributed by atoms with Crippen LogP contribution in [0, 0.1) is 0 Å². The second-order valence-corrected chi connectivity index (χ2v) is 7.49. The Balaban J connectivity index is 1.74. The van der Waals surface area contributed by atoms with Crippen LogP contribution in [0.1, 0.15) is 0 Å². The summed E-state index contributed by atoms with van der Waals surface area (Å²) < 4.78 is 2.15. The molecular weight excluding hydrogens is 364 g/mol. The van der Waals surface area contributed by atoms with Crippen LogP contribution >= 0.6 is 11.3 Å². The first-order chi connectivity index (χ1) is 13.9. The normalized spacial score (nSPS) is 11.6. The van der Waals surface area contributed by atoms with Gasteiger partial charge in [0.15, 0.2) is 0 Å². The van der Waals surface area contributed by atoms with E-state index in [2.05, 4.69) is 69.5 Å². The van der Waals surface area contributed by atoms with Gasteiger partial charge in [0.05, 0.1) is 16.7 Å². The fourth-order valence-corrected chi connectivity index (χ4v) is 4.54. The molecule has 0 aliphatic heterocycles. The highest BCUT2D eigenvalue weighted by atomic mass is 32.1. The summed E-state index contributed by atoms with van der Waals surface area (Å²) in [6, 6.07) is 24.8. The summed E-state index contributed by atoms with van der Waals surface area (Å²) in [6.45, 7) is 0. The Morgan fingerprint density at radius 1 is 0.679 bits per heavy atom. The first kappa shape index (κ1) is 15.5. The van der Waals surface area contributed by atoms with Gasteiger partial charge in [0, 0.05) is 22.4 Å². The van der Waals surface area contributed by atoms with E-state index < -0.39 is 0 Å². The Kier molecular flexibility index (Phi) is 3.30. The summed E-state index contributed by atoms with van der Waals surface area (Å²) in [5, 5.41) is 5.49. The Bertz CT molecular complexity index is 1410. The van der Waals surface area contributed by atoms with E-state index >= 15 is 0 Å². The minimum Gasteiger partial charge on any atom is -0.278 e. The number of hydrogen-bond acceptors (Lipinski definition) is 4. The summed E-state index contributed by atoms with van der Waals surface area (Å²) >= 11 is 1.63. The minimum absolute atomic E-state index is 0.674. The lowest BCUT2D eigenvalue weighted by Gasteiger charge is -2.09. The highest BCUT2D eigenvalue weighted by Gasteiger charge is 2.17. The third-order valence-corrected chi connectivity index (χ3v) is 5.81. The molecule has 0 N–H and O–H groups in total. The smallest absolute Gasteiger partial charge is 0.236 e. The van der Waals surface area contributed by atoms with E-state index in [1.54, 1.807) is 17.5 Å². The first-order valence-electron chi connectivity index (χ1n) is 9.05. The number of hydrogen-bond donors (Lipinski definition) is 0. The number of aromatic nitrogens is 4. The van der Waals surface area contributed by atoms with Gasteiger partial charge in [0.1, 0.15) is 10.5 Å². The molecule has 4 nitrogen and oxygen atoms in total. The van der Waals surface area contributed by atoms with Gasteiger partial charge in [0.2, 0.25) is 5.95 Å². The van der Waals surface area contributed by atoms with Crippen molar-refractivity contribution in [2.75, 3.05) is 0 Å². The van der Waals surface area contributed by atoms with Gasteiger partial charge in [0.25, 0.3) is 0 Å². The molecule has 132 valence electrons. The quantitative estimate of drug-likeness (QED) is 0.379. The number of thiophene rings is 1.